The summed E-state index contributed by atoms with van der Waals surface area (Å²) in [5.41, 5.74) is -0.0817. The molecule has 0 atom stereocenters. The average molecular weight is 320 g/mol. The number of carbonyl (C=O) groups excluding carboxylic acids is 1. The zero-order chi connectivity index (χ0) is 13.7. The fourth-order valence-corrected chi connectivity index (χ4v) is 1.70. The Bertz CT molecular complexity index is 500. The summed E-state index contributed by atoms with van der Waals surface area (Å²) in [5, 5.41) is 8.78. The molecule has 1 rings (SSSR count). The Balaban J connectivity index is 3.21. The molecule has 0 spiro atoms. The van der Waals surface area contributed by atoms with Gasteiger partial charge in [0.15, 0.2) is 0 Å². The largest absolute Gasteiger partial charge is 0.462 e. The van der Waals surface area contributed by atoms with Crippen molar-refractivity contribution in [2.45, 2.75) is 13.5 Å². The SMILES string of the molecule is CCOC(=O)c1cc(OC(F)F)c(C#N)cc1Br. The van der Waals surface area contributed by atoms with Gasteiger partial charge in [-0.1, -0.05) is 0 Å². The van der Waals surface area contributed by atoms with Crippen LogP contribution in [0.2, 0.25) is 0 Å². The molecule has 0 amide bonds. The molecule has 0 aliphatic rings. The number of alkyl halides is 2. The Morgan fingerprint density at radius 3 is 2.72 bits per heavy atom. The van der Waals surface area contributed by atoms with Crippen molar-refractivity contribution in [3.63, 3.8) is 0 Å². The lowest BCUT2D eigenvalue weighted by atomic mass is 10.1. The second kappa shape index (κ2) is 6.31. The van der Waals surface area contributed by atoms with Crippen molar-refractivity contribution in [3.05, 3.63) is 27.7 Å². The van der Waals surface area contributed by atoms with E-state index in [0.29, 0.717) is 0 Å². The van der Waals surface area contributed by atoms with Crippen molar-refractivity contribution < 1.29 is 23.0 Å². The molecule has 7 heteroatoms. The van der Waals surface area contributed by atoms with Gasteiger partial charge in [-0.2, -0.15) is 14.0 Å². The van der Waals surface area contributed by atoms with E-state index >= 15 is 0 Å². The summed E-state index contributed by atoms with van der Waals surface area (Å²) < 4.78 is 33.5. The van der Waals surface area contributed by atoms with Gasteiger partial charge in [0, 0.05) is 4.47 Å². The van der Waals surface area contributed by atoms with Crippen molar-refractivity contribution in [1.82, 2.24) is 0 Å². The highest BCUT2D eigenvalue weighted by atomic mass is 79.9. The molecule has 0 aliphatic carbocycles. The van der Waals surface area contributed by atoms with Crippen LogP contribution in [-0.4, -0.2) is 19.2 Å². The molecule has 0 bridgehead atoms. The summed E-state index contributed by atoms with van der Waals surface area (Å²) in [5.74, 6) is -1.05. The van der Waals surface area contributed by atoms with Crippen molar-refractivity contribution in [2.24, 2.45) is 0 Å². The number of hydrogen-bond acceptors (Lipinski definition) is 4. The van der Waals surface area contributed by atoms with Crippen LogP contribution in [0.5, 0.6) is 5.75 Å². The first-order chi connectivity index (χ1) is 8.49. The normalized spacial score (nSPS) is 10.0. The van der Waals surface area contributed by atoms with Gasteiger partial charge in [-0.25, -0.2) is 4.79 Å². The molecule has 0 saturated heterocycles. The molecule has 0 saturated carbocycles. The van der Waals surface area contributed by atoms with E-state index in [1.165, 1.54) is 6.07 Å². The summed E-state index contributed by atoms with van der Waals surface area (Å²) in [6.45, 7) is -1.31. The van der Waals surface area contributed by atoms with E-state index in [1.54, 1.807) is 13.0 Å². The lowest BCUT2D eigenvalue weighted by molar-refractivity contribution is -0.0501. The lowest BCUT2D eigenvalue weighted by Crippen LogP contribution is -2.09. The number of halogens is 3. The lowest BCUT2D eigenvalue weighted by Gasteiger charge is -2.10. The zero-order valence-electron chi connectivity index (χ0n) is 9.25. The molecule has 0 aromatic heterocycles. The summed E-state index contributed by atoms with van der Waals surface area (Å²) in [6, 6.07) is 3.97. The predicted octanol–water partition coefficient (Wildman–Crippen LogP) is 3.10. The van der Waals surface area contributed by atoms with E-state index in [9.17, 15) is 13.6 Å². The van der Waals surface area contributed by atoms with Gasteiger partial charge >= 0.3 is 12.6 Å². The number of hydrogen-bond donors (Lipinski definition) is 0. The van der Waals surface area contributed by atoms with Crippen LogP contribution >= 0.6 is 15.9 Å². The van der Waals surface area contributed by atoms with Crippen LogP contribution in [-0.2, 0) is 4.74 Å². The third-order valence-corrected chi connectivity index (χ3v) is 2.56. The van der Waals surface area contributed by atoms with E-state index in [1.807, 2.05) is 0 Å². The number of nitrogens with zero attached hydrogens (tertiary/aromatic N) is 1. The Hall–Kier alpha value is -1.68. The zero-order valence-corrected chi connectivity index (χ0v) is 10.8. The van der Waals surface area contributed by atoms with Gasteiger partial charge in [0.2, 0.25) is 0 Å². The van der Waals surface area contributed by atoms with Crippen molar-refractivity contribution in [1.29, 1.82) is 5.26 Å². The Labute approximate surface area is 110 Å². The van der Waals surface area contributed by atoms with Gasteiger partial charge in [-0.15, -0.1) is 0 Å². The molecule has 0 heterocycles. The maximum Gasteiger partial charge on any atom is 0.387 e. The van der Waals surface area contributed by atoms with Crippen LogP contribution in [0.25, 0.3) is 0 Å². The number of ether oxygens (including phenoxy) is 2. The molecular weight excluding hydrogens is 312 g/mol. The predicted molar refractivity (Wildman–Crippen MR) is 61.4 cm³/mol. The first-order valence-corrected chi connectivity index (χ1v) is 5.64. The third-order valence-electron chi connectivity index (χ3n) is 1.90. The molecule has 0 aliphatic heterocycles. The maximum absolute atomic E-state index is 12.2. The fraction of sp³-hybridized carbons (Fsp3) is 0.273. The van der Waals surface area contributed by atoms with Crippen LogP contribution < -0.4 is 4.74 Å². The highest BCUT2D eigenvalue weighted by molar-refractivity contribution is 9.10. The summed E-state index contributed by atoms with van der Waals surface area (Å²) in [4.78, 5) is 11.5. The summed E-state index contributed by atoms with van der Waals surface area (Å²) >= 11 is 3.06. The fourth-order valence-electron chi connectivity index (χ4n) is 1.20. The van der Waals surface area contributed by atoms with E-state index in [-0.39, 0.29) is 28.0 Å². The molecule has 0 unspecified atom stereocenters. The molecule has 0 fully saturated rings. The van der Waals surface area contributed by atoms with Crippen molar-refractivity contribution in [2.75, 3.05) is 6.61 Å². The number of benzene rings is 1. The van der Waals surface area contributed by atoms with Gasteiger partial charge in [0.25, 0.3) is 0 Å². The smallest absolute Gasteiger partial charge is 0.387 e. The molecular formula is C11H8BrF2NO3. The second-order valence-corrected chi connectivity index (χ2v) is 3.89. The summed E-state index contributed by atoms with van der Waals surface area (Å²) in [7, 11) is 0. The second-order valence-electron chi connectivity index (χ2n) is 3.04. The average Bonchev–Trinajstić information content (AvgIpc) is 2.30. The standard InChI is InChI=1S/C11H8BrF2NO3/c1-2-17-10(16)7-4-9(18-11(13)14)6(5-15)3-8(7)12/h3-4,11H,2H2,1H3. The summed E-state index contributed by atoms with van der Waals surface area (Å²) in [6.07, 6.45) is 0. The number of rotatable bonds is 4. The van der Waals surface area contributed by atoms with E-state index in [4.69, 9.17) is 10.00 Å². The first kappa shape index (κ1) is 14.4. The van der Waals surface area contributed by atoms with E-state index in [2.05, 4.69) is 20.7 Å². The molecule has 96 valence electrons. The van der Waals surface area contributed by atoms with Crippen LogP contribution in [0.1, 0.15) is 22.8 Å². The Morgan fingerprint density at radius 1 is 1.56 bits per heavy atom. The minimum absolute atomic E-state index is 0.0199. The number of nitriles is 1. The van der Waals surface area contributed by atoms with Gasteiger partial charge in [-0.05, 0) is 35.0 Å². The molecule has 18 heavy (non-hydrogen) atoms. The highest BCUT2D eigenvalue weighted by Gasteiger charge is 2.18. The van der Waals surface area contributed by atoms with Crippen molar-refractivity contribution in [3.8, 4) is 11.8 Å². The van der Waals surface area contributed by atoms with Gasteiger partial charge in [0.1, 0.15) is 11.8 Å². The van der Waals surface area contributed by atoms with Gasteiger partial charge in [-0.3, -0.25) is 0 Å². The number of carbonyl (C=O) groups is 1. The topological polar surface area (TPSA) is 59.3 Å². The van der Waals surface area contributed by atoms with Gasteiger partial charge < -0.3 is 9.47 Å². The minimum Gasteiger partial charge on any atom is -0.462 e. The highest BCUT2D eigenvalue weighted by Crippen LogP contribution is 2.28. The molecule has 4 nitrogen and oxygen atoms in total. The monoisotopic (exact) mass is 319 g/mol. The molecule has 0 N–H and O–H groups in total. The third kappa shape index (κ3) is 3.40. The van der Waals surface area contributed by atoms with E-state index in [0.717, 1.165) is 6.07 Å². The molecule has 0 radical (unpaired) electrons. The maximum atomic E-state index is 12.2. The quantitative estimate of drug-likeness (QED) is 0.800. The molecule has 1 aromatic carbocycles. The van der Waals surface area contributed by atoms with E-state index < -0.39 is 12.6 Å². The number of esters is 1. The minimum atomic E-state index is -3.08. The first-order valence-electron chi connectivity index (χ1n) is 4.85. The molecule has 1 aromatic rings. The van der Waals surface area contributed by atoms with Crippen LogP contribution in [0.15, 0.2) is 16.6 Å². The van der Waals surface area contributed by atoms with Crippen molar-refractivity contribution >= 4 is 21.9 Å². The Morgan fingerprint density at radius 2 is 2.22 bits per heavy atom. The van der Waals surface area contributed by atoms with Crippen LogP contribution in [0.3, 0.4) is 0 Å². The Kier molecular flexibility index (Phi) is 5.04. The van der Waals surface area contributed by atoms with Gasteiger partial charge in [0.05, 0.1) is 17.7 Å². The van der Waals surface area contributed by atoms with Crippen LogP contribution in [0.4, 0.5) is 8.78 Å². The van der Waals surface area contributed by atoms with Crippen LogP contribution in [0, 0.1) is 11.3 Å².